The van der Waals surface area contributed by atoms with Crippen molar-refractivity contribution in [3.8, 4) is 0 Å². The fraction of sp³-hybridized carbons (Fsp3) is 0.478. The van der Waals surface area contributed by atoms with Gasteiger partial charge in [0, 0.05) is 44.5 Å². The van der Waals surface area contributed by atoms with E-state index >= 15 is 0 Å². The molecule has 0 spiro atoms. The van der Waals surface area contributed by atoms with E-state index in [0.29, 0.717) is 5.92 Å². The quantitative estimate of drug-likeness (QED) is 0.821. The smallest absolute Gasteiger partial charge is 0.253 e. The van der Waals surface area contributed by atoms with Gasteiger partial charge in [0.25, 0.3) is 5.91 Å². The van der Waals surface area contributed by atoms with Crippen molar-refractivity contribution in [1.82, 2.24) is 14.8 Å². The van der Waals surface area contributed by atoms with Crippen molar-refractivity contribution in [2.45, 2.75) is 44.6 Å². The highest BCUT2D eigenvalue weighted by Crippen LogP contribution is 2.32. The van der Waals surface area contributed by atoms with Gasteiger partial charge in [-0.05, 0) is 48.6 Å². The van der Waals surface area contributed by atoms with Gasteiger partial charge in [-0.3, -0.25) is 14.7 Å². The van der Waals surface area contributed by atoms with E-state index in [2.05, 4.69) is 28.1 Å². The first kappa shape index (κ1) is 18.2. The van der Waals surface area contributed by atoms with Gasteiger partial charge in [0.1, 0.15) is 0 Å². The zero-order chi connectivity index (χ0) is 18.5. The Morgan fingerprint density at radius 1 is 0.926 bits per heavy atom. The molecule has 2 heterocycles. The highest BCUT2D eigenvalue weighted by atomic mass is 16.2. The van der Waals surface area contributed by atoms with Crippen LogP contribution in [0, 0.1) is 0 Å². The molecule has 2 fully saturated rings. The standard InChI is InChI=1S/C23H29N3O/c27-23(21-11-9-20(10-12-21)19-6-2-1-3-7-19)26-16-14-25(15-17-26)18-22-8-4-5-13-24-22/h4-5,8-13,19H,1-3,6-7,14-18H2. The summed E-state index contributed by atoms with van der Waals surface area (Å²) >= 11 is 0. The third kappa shape index (κ3) is 4.56. The van der Waals surface area contributed by atoms with Crippen molar-refractivity contribution in [2.24, 2.45) is 0 Å². The molecule has 4 nitrogen and oxygen atoms in total. The molecule has 1 aliphatic carbocycles. The number of carbonyl (C=O) groups excluding carboxylic acids is 1. The summed E-state index contributed by atoms with van der Waals surface area (Å²) in [5.74, 6) is 0.862. The van der Waals surface area contributed by atoms with Crippen molar-refractivity contribution in [3.05, 3.63) is 65.5 Å². The molecule has 1 aliphatic heterocycles. The summed E-state index contributed by atoms with van der Waals surface area (Å²) < 4.78 is 0. The molecular formula is C23H29N3O. The molecule has 142 valence electrons. The number of rotatable bonds is 4. The first-order valence-corrected chi connectivity index (χ1v) is 10.3. The van der Waals surface area contributed by atoms with Gasteiger partial charge in [-0.1, -0.05) is 37.5 Å². The summed E-state index contributed by atoms with van der Waals surface area (Å²) in [5, 5.41) is 0. The van der Waals surface area contributed by atoms with Crippen LogP contribution in [0.25, 0.3) is 0 Å². The van der Waals surface area contributed by atoms with Crippen LogP contribution in [0.2, 0.25) is 0 Å². The topological polar surface area (TPSA) is 36.4 Å². The number of nitrogens with zero attached hydrogens (tertiary/aromatic N) is 3. The lowest BCUT2D eigenvalue weighted by atomic mass is 9.84. The molecule has 0 atom stereocenters. The van der Waals surface area contributed by atoms with E-state index in [1.807, 2.05) is 35.4 Å². The van der Waals surface area contributed by atoms with Crippen LogP contribution in [0.5, 0.6) is 0 Å². The molecule has 1 amide bonds. The molecule has 4 heteroatoms. The highest BCUT2D eigenvalue weighted by Gasteiger charge is 2.23. The minimum absolute atomic E-state index is 0.169. The van der Waals surface area contributed by atoms with Crippen LogP contribution in [0.4, 0.5) is 0 Å². The van der Waals surface area contributed by atoms with Crippen LogP contribution >= 0.6 is 0 Å². The molecule has 4 rings (SSSR count). The van der Waals surface area contributed by atoms with Gasteiger partial charge < -0.3 is 4.90 Å². The Kier molecular flexibility index (Phi) is 5.83. The first-order chi connectivity index (χ1) is 13.3. The van der Waals surface area contributed by atoms with Crippen LogP contribution in [0.3, 0.4) is 0 Å². The number of benzene rings is 1. The lowest BCUT2D eigenvalue weighted by Gasteiger charge is -2.34. The molecule has 1 aromatic heterocycles. The third-order valence-corrected chi connectivity index (χ3v) is 6.01. The number of aromatic nitrogens is 1. The minimum Gasteiger partial charge on any atom is -0.336 e. The molecule has 27 heavy (non-hydrogen) atoms. The Labute approximate surface area is 162 Å². The van der Waals surface area contributed by atoms with E-state index in [1.54, 1.807) is 0 Å². The van der Waals surface area contributed by atoms with E-state index in [0.717, 1.165) is 44.0 Å². The predicted octanol–water partition coefficient (Wildman–Crippen LogP) is 4.09. The summed E-state index contributed by atoms with van der Waals surface area (Å²) in [5.41, 5.74) is 3.33. The van der Waals surface area contributed by atoms with Crippen LogP contribution in [0.15, 0.2) is 48.7 Å². The van der Waals surface area contributed by atoms with Crippen molar-refractivity contribution < 1.29 is 4.79 Å². The Balaban J connectivity index is 1.31. The lowest BCUT2D eigenvalue weighted by molar-refractivity contribution is 0.0627. The molecule has 0 N–H and O–H groups in total. The van der Waals surface area contributed by atoms with E-state index in [1.165, 1.54) is 37.7 Å². The maximum absolute atomic E-state index is 12.8. The largest absolute Gasteiger partial charge is 0.336 e. The van der Waals surface area contributed by atoms with Crippen LogP contribution in [-0.2, 0) is 6.54 Å². The average molecular weight is 364 g/mol. The molecule has 0 bridgehead atoms. The Hall–Kier alpha value is -2.20. The Morgan fingerprint density at radius 3 is 2.33 bits per heavy atom. The molecule has 1 saturated heterocycles. The van der Waals surface area contributed by atoms with Gasteiger partial charge in [0.05, 0.1) is 5.69 Å². The molecule has 0 radical (unpaired) electrons. The van der Waals surface area contributed by atoms with Crippen LogP contribution < -0.4 is 0 Å². The minimum atomic E-state index is 0.169. The second kappa shape index (κ2) is 8.66. The summed E-state index contributed by atoms with van der Waals surface area (Å²) in [6.07, 6.45) is 8.49. The van der Waals surface area contributed by atoms with Gasteiger partial charge >= 0.3 is 0 Å². The number of pyridine rings is 1. The normalized spacial score (nSPS) is 19.2. The second-order valence-electron chi connectivity index (χ2n) is 7.85. The number of carbonyl (C=O) groups is 1. The van der Waals surface area contributed by atoms with Gasteiger partial charge in [-0.15, -0.1) is 0 Å². The van der Waals surface area contributed by atoms with Crippen molar-refractivity contribution in [1.29, 1.82) is 0 Å². The SMILES string of the molecule is O=C(c1ccc(C2CCCCC2)cc1)N1CCN(Cc2ccccn2)CC1. The van der Waals surface area contributed by atoms with E-state index in [9.17, 15) is 4.79 Å². The van der Waals surface area contributed by atoms with E-state index < -0.39 is 0 Å². The molecule has 0 unspecified atom stereocenters. The Bertz CT molecular complexity index is 730. The number of piperazine rings is 1. The summed E-state index contributed by atoms with van der Waals surface area (Å²) in [4.78, 5) is 21.6. The first-order valence-electron chi connectivity index (χ1n) is 10.3. The monoisotopic (exact) mass is 363 g/mol. The van der Waals surface area contributed by atoms with Gasteiger partial charge in [0.15, 0.2) is 0 Å². The molecule has 1 aromatic carbocycles. The van der Waals surface area contributed by atoms with Gasteiger partial charge in [-0.2, -0.15) is 0 Å². The number of hydrogen-bond acceptors (Lipinski definition) is 3. The van der Waals surface area contributed by atoms with Crippen LogP contribution in [0.1, 0.15) is 59.6 Å². The Morgan fingerprint density at radius 2 is 1.67 bits per heavy atom. The third-order valence-electron chi connectivity index (χ3n) is 6.01. The lowest BCUT2D eigenvalue weighted by Crippen LogP contribution is -2.48. The number of amides is 1. The maximum atomic E-state index is 12.8. The van der Waals surface area contributed by atoms with Gasteiger partial charge in [0.2, 0.25) is 0 Å². The fourth-order valence-electron chi connectivity index (χ4n) is 4.35. The second-order valence-corrected chi connectivity index (χ2v) is 7.85. The van der Waals surface area contributed by atoms with Gasteiger partial charge in [-0.25, -0.2) is 0 Å². The zero-order valence-corrected chi connectivity index (χ0v) is 16.0. The van der Waals surface area contributed by atoms with Crippen molar-refractivity contribution in [3.63, 3.8) is 0 Å². The van der Waals surface area contributed by atoms with E-state index in [-0.39, 0.29) is 5.91 Å². The van der Waals surface area contributed by atoms with Crippen molar-refractivity contribution in [2.75, 3.05) is 26.2 Å². The van der Waals surface area contributed by atoms with Crippen LogP contribution in [-0.4, -0.2) is 46.9 Å². The highest BCUT2D eigenvalue weighted by molar-refractivity contribution is 5.94. The summed E-state index contributed by atoms with van der Waals surface area (Å²) in [6, 6.07) is 14.5. The maximum Gasteiger partial charge on any atom is 0.253 e. The zero-order valence-electron chi connectivity index (χ0n) is 16.0. The summed E-state index contributed by atoms with van der Waals surface area (Å²) in [7, 11) is 0. The summed E-state index contributed by atoms with van der Waals surface area (Å²) in [6.45, 7) is 4.25. The predicted molar refractivity (Wildman–Crippen MR) is 108 cm³/mol. The average Bonchev–Trinajstić information content (AvgIpc) is 2.75. The molecule has 2 aliphatic rings. The number of hydrogen-bond donors (Lipinski definition) is 0. The molecular weight excluding hydrogens is 334 g/mol. The fourth-order valence-corrected chi connectivity index (χ4v) is 4.35. The molecule has 2 aromatic rings. The molecule has 1 saturated carbocycles. The van der Waals surface area contributed by atoms with Crippen molar-refractivity contribution >= 4 is 5.91 Å². The van der Waals surface area contributed by atoms with E-state index in [4.69, 9.17) is 0 Å².